The molecule has 1 aromatic heterocycles. The highest BCUT2D eigenvalue weighted by Crippen LogP contribution is 2.36. The number of furan rings is 1. The van der Waals surface area contributed by atoms with Crippen LogP contribution < -0.4 is 0 Å². The predicted octanol–water partition coefficient (Wildman–Crippen LogP) is 1.84. The van der Waals surface area contributed by atoms with Crippen LogP contribution in [0.2, 0.25) is 0 Å². The zero-order valence-electron chi connectivity index (χ0n) is 11.1. The molecule has 2 aliphatic heterocycles. The third kappa shape index (κ3) is 2.08. The molecule has 4 heteroatoms. The molecule has 0 N–H and O–H groups in total. The lowest BCUT2D eigenvalue weighted by molar-refractivity contribution is 0.0694. The van der Waals surface area contributed by atoms with Gasteiger partial charge in [0.15, 0.2) is 5.76 Å². The maximum Gasteiger partial charge on any atom is 0.289 e. The van der Waals surface area contributed by atoms with Crippen molar-refractivity contribution < 1.29 is 9.21 Å². The van der Waals surface area contributed by atoms with E-state index >= 15 is 0 Å². The van der Waals surface area contributed by atoms with Crippen molar-refractivity contribution in [3.05, 3.63) is 24.2 Å². The molecule has 1 amide bonds. The molecule has 2 saturated heterocycles. The van der Waals surface area contributed by atoms with E-state index in [9.17, 15) is 4.79 Å². The molecule has 1 aliphatic carbocycles. The summed E-state index contributed by atoms with van der Waals surface area (Å²) in [7, 11) is 0. The number of amides is 1. The molecule has 4 rings (SSSR count). The highest BCUT2D eigenvalue weighted by molar-refractivity contribution is 5.92. The first kappa shape index (κ1) is 11.5. The smallest absolute Gasteiger partial charge is 0.289 e. The molecule has 2 atom stereocenters. The third-order valence-electron chi connectivity index (χ3n) is 4.83. The Hall–Kier alpha value is -1.29. The summed E-state index contributed by atoms with van der Waals surface area (Å²) in [6.07, 6.45) is 5.54. The average molecular weight is 260 g/mol. The summed E-state index contributed by atoms with van der Waals surface area (Å²) in [6.45, 7) is 4.39. The molecule has 3 heterocycles. The van der Waals surface area contributed by atoms with Crippen LogP contribution in [-0.4, -0.2) is 47.9 Å². The van der Waals surface area contributed by atoms with E-state index in [4.69, 9.17) is 4.42 Å². The second kappa shape index (κ2) is 4.37. The average Bonchev–Trinajstić information content (AvgIpc) is 2.84. The van der Waals surface area contributed by atoms with Crippen molar-refractivity contribution in [3.63, 3.8) is 0 Å². The van der Waals surface area contributed by atoms with E-state index in [1.54, 1.807) is 18.4 Å². The molecule has 0 unspecified atom stereocenters. The van der Waals surface area contributed by atoms with E-state index in [-0.39, 0.29) is 5.91 Å². The fourth-order valence-corrected chi connectivity index (χ4v) is 3.66. The molecule has 1 aromatic rings. The second-order valence-electron chi connectivity index (χ2n) is 6.25. The van der Waals surface area contributed by atoms with Gasteiger partial charge in [-0.3, -0.25) is 4.79 Å². The molecule has 0 spiro atoms. The van der Waals surface area contributed by atoms with Gasteiger partial charge in [0.1, 0.15) is 0 Å². The van der Waals surface area contributed by atoms with Crippen molar-refractivity contribution in [2.75, 3.05) is 26.2 Å². The standard InChI is InChI=1S/C15H20N2O2/c18-15(14-2-1-7-19-14)17-6-5-12-9-16(10-13(12)17)8-11-3-4-11/h1-2,7,11-13H,3-6,8-10H2/t12-,13+/m0/s1. The maximum absolute atomic E-state index is 12.4. The van der Waals surface area contributed by atoms with E-state index in [1.807, 2.05) is 4.90 Å². The van der Waals surface area contributed by atoms with E-state index in [2.05, 4.69) is 4.90 Å². The zero-order chi connectivity index (χ0) is 12.8. The molecule has 3 aliphatic rings. The van der Waals surface area contributed by atoms with Gasteiger partial charge in [-0.25, -0.2) is 0 Å². The Morgan fingerprint density at radius 2 is 2.21 bits per heavy atom. The molecule has 0 bridgehead atoms. The molecule has 0 aromatic carbocycles. The van der Waals surface area contributed by atoms with Crippen molar-refractivity contribution in [3.8, 4) is 0 Å². The summed E-state index contributed by atoms with van der Waals surface area (Å²) in [6, 6.07) is 3.97. The van der Waals surface area contributed by atoms with Gasteiger partial charge in [0.2, 0.25) is 0 Å². The van der Waals surface area contributed by atoms with Gasteiger partial charge in [-0.15, -0.1) is 0 Å². The molecule has 19 heavy (non-hydrogen) atoms. The normalized spacial score (nSPS) is 30.8. The minimum atomic E-state index is 0.0748. The first-order valence-electron chi connectivity index (χ1n) is 7.38. The van der Waals surface area contributed by atoms with Gasteiger partial charge in [0.25, 0.3) is 5.91 Å². The third-order valence-corrected chi connectivity index (χ3v) is 4.83. The quantitative estimate of drug-likeness (QED) is 0.832. The Bertz CT molecular complexity index is 466. The van der Waals surface area contributed by atoms with Crippen molar-refractivity contribution in [2.24, 2.45) is 11.8 Å². The second-order valence-corrected chi connectivity index (χ2v) is 6.25. The topological polar surface area (TPSA) is 36.7 Å². The van der Waals surface area contributed by atoms with E-state index in [0.717, 1.165) is 25.4 Å². The van der Waals surface area contributed by atoms with Crippen LogP contribution in [0.3, 0.4) is 0 Å². The van der Waals surface area contributed by atoms with Crippen molar-refractivity contribution >= 4 is 5.91 Å². The van der Waals surface area contributed by atoms with E-state index in [0.29, 0.717) is 17.7 Å². The fraction of sp³-hybridized carbons (Fsp3) is 0.667. The summed E-state index contributed by atoms with van der Waals surface area (Å²) >= 11 is 0. The largest absolute Gasteiger partial charge is 0.459 e. The van der Waals surface area contributed by atoms with Gasteiger partial charge in [0.05, 0.1) is 6.26 Å². The Kier molecular flexibility index (Phi) is 2.65. The SMILES string of the molecule is O=C(c1ccco1)N1CC[C@H]2CN(CC3CC3)C[C@H]21. The van der Waals surface area contributed by atoms with Crippen LogP contribution in [0.15, 0.2) is 22.8 Å². The first-order chi connectivity index (χ1) is 9.31. The van der Waals surface area contributed by atoms with Crippen LogP contribution in [0.5, 0.6) is 0 Å². The van der Waals surface area contributed by atoms with Gasteiger partial charge in [0, 0.05) is 32.2 Å². The van der Waals surface area contributed by atoms with Crippen molar-refractivity contribution in [1.29, 1.82) is 0 Å². The number of nitrogens with zero attached hydrogens (tertiary/aromatic N) is 2. The highest BCUT2D eigenvalue weighted by atomic mass is 16.3. The Morgan fingerprint density at radius 3 is 2.95 bits per heavy atom. The number of fused-ring (bicyclic) bond motifs is 1. The monoisotopic (exact) mass is 260 g/mol. The zero-order valence-corrected chi connectivity index (χ0v) is 11.1. The first-order valence-corrected chi connectivity index (χ1v) is 7.38. The lowest BCUT2D eigenvalue weighted by Crippen LogP contribution is -2.39. The van der Waals surface area contributed by atoms with Crippen molar-refractivity contribution in [2.45, 2.75) is 25.3 Å². The molecule has 0 radical (unpaired) electrons. The predicted molar refractivity (Wildman–Crippen MR) is 70.8 cm³/mol. The Labute approximate surface area is 113 Å². The van der Waals surface area contributed by atoms with Gasteiger partial charge in [-0.1, -0.05) is 0 Å². The van der Waals surface area contributed by atoms with Crippen LogP contribution in [0.4, 0.5) is 0 Å². The summed E-state index contributed by atoms with van der Waals surface area (Å²) in [5.74, 6) is 2.18. The molecular formula is C15H20N2O2. The lowest BCUT2D eigenvalue weighted by atomic mass is 10.1. The molecular weight excluding hydrogens is 240 g/mol. The number of hydrogen-bond acceptors (Lipinski definition) is 3. The minimum absolute atomic E-state index is 0.0748. The van der Waals surface area contributed by atoms with Gasteiger partial charge in [-0.05, 0) is 43.2 Å². The van der Waals surface area contributed by atoms with Gasteiger partial charge < -0.3 is 14.2 Å². The summed E-state index contributed by atoms with van der Waals surface area (Å²) in [5.41, 5.74) is 0. The summed E-state index contributed by atoms with van der Waals surface area (Å²) in [5, 5.41) is 0. The molecule has 4 nitrogen and oxygen atoms in total. The van der Waals surface area contributed by atoms with Crippen LogP contribution in [0.25, 0.3) is 0 Å². The Balaban J connectivity index is 1.45. The number of carbonyl (C=O) groups excluding carboxylic acids is 1. The van der Waals surface area contributed by atoms with Gasteiger partial charge >= 0.3 is 0 Å². The number of carbonyl (C=O) groups is 1. The fourth-order valence-electron chi connectivity index (χ4n) is 3.66. The number of hydrogen-bond donors (Lipinski definition) is 0. The number of likely N-dealkylation sites (tertiary alicyclic amines) is 2. The summed E-state index contributed by atoms with van der Waals surface area (Å²) < 4.78 is 5.25. The van der Waals surface area contributed by atoms with Crippen LogP contribution >= 0.6 is 0 Å². The minimum Gasteiger partial charge on any atom is -0.459 e. The van der Waals surface area contributed by atoms with Crippen LogP contribution in [0, 0.1) is 11.8 Å². The molecule has 3 fully saturated rings. The van der Waals surface area contributed by atoms with Crippen LogP contribution in [-0.2, 0) is 0 Å². The molecule has 1 saturated carbocycles. The van der Waals surface area contributed by atoms with E-state index < -0.39 is 0 Å². The van der Waals surface area contributed by atoms with Crippen molar-refractivity contribution in [1.82, 2.24) is 9.80 Å². The van der Waals surface area contributed by atoms with E-state index in [1.165, 1.54) is 25.9 Å². The Morgan fingerprint density at radius 1 is 1.32 bits per heavy atom. The highest BCUT2D eigenvalue weighted by Gasteiger charge is 2.44. The lowest BCUT2D eigenvalue weighted by Gasteiger charge is -2.24. The summed E-state index contributed by atoms with van der Waals surface area (Å²) in [4.78, 5) is 17.0. The molecule has 102 valence electrons. The maximum atomic E-state index is 12.4. The number of rotatable bonds is 3. The van der Waals surface area contributed by atoms with Gasteiger partial charge in [-0.2, -0.15) is 0 Å². The van der Waals surface area contributed by atoms with Crippen LogP contribution in [0.1, 0.15) is 29.8 Å².